The van der Waals surface area contributed by atoms with Gasteiger partial charge in [-0.3, -0.25) is 0 Å². The van der Waals surface area contributed by atoms with E-state index in [1.807, 2.05) is 18.2 Å². The molecule has 1 atom stereocenters. The predicted molar refractivity (Wildman–Crippen MR) is 82.8 cm³/mol. The fourth-order valence-electron chi connectivity index (χ4n) is 2.40. The van der Waals surface area contributed by atoms with E-state index in [9.17, 15) is 4.39 Å². The van der Waals surface area contributed by atoms with Gasteiger partial charge in [-0.25, -0.2) is 4.39 Å². The Morgan fingerprint density at radius 2 is 1.80 bits per heavy atom. The Morgan fingerprint density at radius 1 is 1.10 bits per heavy atom. The van der Waals surface area contributed by atoms with Crippen LogP contribution in [0.5, 0.6) is 0 Å². The zero-order chi connectivity index (χ0) is 14.7. The molecule has 0 fully saturated rings. The molecule has 20 heavy (non-hydrogen) atoms. The molecular formula is C17H19ClFN. The second-order valence-electron chi connectivity index (χ2n) is 4.97. The Kier molecular flexibility index (Phi) is 4.79. The van der Waals surface area contributed by atoms with Crippen molar-refractivity contribution in [2.45, 2.75) is 26.8 Å². The highest BCUT2D eigenvalue weighted by molar-refractivity contribution is 6.31. The molecule has 1 N–H and O–H groups in total. The molecule has 0 bridgehead atoms. The lowest BCUT2D eigenvalue weighted by molar-refractivity contribution is 0.605. The zero-order valence-electron chi connectivity index (χ0n) is 12.0. The van der Waals surface area contributed by atoms with E-state index in [0.717, 1.165) is 12.1 Å². The van der Waals surface area contributed by atoms with Crippen LogP contribution in [-0.4, -0.2) is 6.54 Å². The van der Waals surface area contributed by atoms with Crippen molar-refractivity contribution < 1.29 is 4.39 Å². The monoisotopic (exact) mass is 291 g/mol. The van der Waals surface area contributed by atoms with E-state index in [1.165, 1.54) is 17.2 Å². The summed E-state index contributed by atoms with van der Waals surface area (Å²) in [6.45, 7) is 6.70. The SMILES string of the molecule is CCNC(c1ccccc1C)c1cc(C)c(F)cc1Cl. The zero-order valence-corrected chi connectivity index (χ0v) is 12.8. The first kappa shape index (κ1) is 15.0. The second-order valence-corrected chi connectivity index (χ2v) is 5.38. The van der Waals surface area contributed by atoms with Crippen LogP contribution in [0.1, 0.15) is 35.2 Å². The lowest BCUT2D eigenvalue weighted by Crippen LogP contribution is -2.23. The molecule has 0 aliphatic heterocycles. The summed E-state index contributed by atoms with van der Waals surface area (Å²) < 4.78 is 13.6. The molecule has 106 valence electrons. The second kappa shape index (κ2) is 6.38. The lowest BCUT2D eigenvalue weighted by atomic mass is 9.94. The Labute approximate surface area is 124 Å². The molecule has 0 aliphatic carbocycles. The first-order valence-electron chi connectivity index (χ1n) is 6.79. The molecule has 1 nitrogen and oxygen atoms in total. The Balaban J connectivity index is 2.54. The molecule has 3 heteroatoms. The van der Waals surface area contributed by atoms with Crippen molar-refractivity contribution in [1.29, 1.82) is 0 Å². The Hall–Kier alpha value is -1.38. The maximum absolute atomic E-state index is 13.6. The Morgan fingerprint density at radius 3 is 2.45 bits per heavy atom. The maximum atomic E-state index is 13.6. The smallest absolute Gasteiger partial charge is 0.127 e. The van der Waals surface area contributed by atoms with Gasteiger partial charge in [0.05, 0.1) is 6.04 Å². The molecule has 0 saturated heterocycles. The van der Waals surface area contributed by atoms with Gasteiger partial charge >= 0.3 is 0 Å². The minimum atomic E-state index is -0.265. The summed E-state index contributed by atoms with van der Waals surface area (Å²) in [6.07, 6.45) is 0. The van der Waals surface area contributed by atoms with E-state index in [-0.39, 0.29) is 11.9 Å². The van der Waals surface area contributed by atoms with Gasteiger partial charge in [0, 0.05) is 5.02 Å². The van der Waals surface area contributed by atoms with Gasteiger partial charge in [0.15, 0.2) is 0 Å². The maximum Gasteiger partial charge on any atom is 0.127 e. The van der Waals surface area contributed by atoms with Crippen LogP contribution in [0.4, 0.5) is 4.39 Å². The van der Waals surface area contributed by atoms with Gasteiger partial charge in [-0.05, 0) is 54.8 Å². The summed E-state index contributed by atoms with van der Waals surface area (Å²) in [5.41, 5.74) is 3.89. The molecule has 1 unspecified atom stereocenters. The van der Waals surface area contributed by atoms with Crippen molar-refractivity contribution in [3.05, 3.63) is 69.5 Å². The average molecular weight is 292 g/mol. The van der Waals surface area contributed by atoms with Gasteiger partial charge in [0.1, 0.15) is 5.82 Å². The minimum Gasteiger partial charge on any atom is -0.306 e. The van der Waals surface area contributed by atoms with Crippen LogP contribution >= 0.6 is 11.6 Å². The third-order valence-electron chi connectivity index (χ3n) is 3.50. The van der Waals surface area contributed by atoms with Gasteiger partial charge in [-0.1, -0.05) is 42.8 Å². The fourth-order valence-corrected chi connectivity index (χ4v) is 2.66. The van der Waals surface area contributed by atoms with Crippen molar-refractivity contribution in [3.63, 3.8) is 0 Å². The van der Waals surface area contributed by atoms with Crippen molar-refractivity contribution in [1.82, 2.24) is 5.32 Å². The highest BCUT2D eigenvalue weighted by atomic mass is 35.5. The third kappa shape index (κ3) is 3.02. The molecule has 2 aromatic rings. The highest BCUT2D eigenvalue weighted by Crippen LogP contribution is 2.31. The van der Waals surface area contributed by atoms with E-state index >= 15 is 0 Å². The normalized spacial score (nSPS) is 12.4. The quantitative estimate of drug-likeness (QED) is 0.853. The number of rotatable bonds is 4. The summed E-state index contributed by atoms with van der Waals surface area (Å²) in [7, 11) is 0. The standard InChI is InChI=1S/C17H19ClFN/c1-4-20-17(13-8-6-5-7-11(13)2)14-9-12(3)16(19)10-15(14)18/h5-10,17,20H,4H2,1-3H3. The van der Waals surface area contributed by atoms with E-state index in [0.29, 0.717) is 10.6 Å². The van der Waals surface area contributed by atoms with E-state index in [2.05, 4.69) is 31.3 Å². The lowest BCUT2D eigenvalue weighted by Gasteiger charge is -2.22. The fraction of sp³-hybridized carbons (Fsp3) is 0.294. The first-order chi connectivity index (χ1) is 9.54. The Bertz CT molecular complexity index is 610. The highest BCUT2D eigenvalue weighted by Gasteiger charge is 2.19. The molecular weight excluding hydrogens is 273 g/mol. The topological polar surface area (TPSA) is 12.0 Å². The van der Waals surface area contributed by atoms with Gasteiger partial charge < -0.3 is 5.32 Å². The van der Waals surface area contributed by atoms with Crippen molar-refractivity contribution in [2.75, 3.05) is 6.54 Å². The van der Waals surface area contributed by atoms with E-state index < -0.39 is 0 Å². The first-order valence-corrected chi connectivity index (χ1v) is 7.16. The van der Waals surface area contributed by atoms with Gasteiger partial charge in [-0.15, -0.1) is 0 Å². The summed E-state index contributed by atoms with van der Waals surface area (Å²) in [5, 5.41) is 3.90. The van der Waals surface area contributed by atoms with Crippen LogP contribution in [0.2, 0.25) is 5.02 Å². The van der Waals surface area contributed by atoms with Crippen LogP contribution in [0.15, 0.2) is 36.4 Å². The summed E-state index contributed by atoms with van der Waals surface area (Å²) in [4.78, 5) is 0. The molecule has 2 aromatic carbocycles. The summed E-state index contributed by atoms with van der Waals surface area (Å²) in [5.74, 6) is -0.265. The number of nitrogens with one attached hydrogen (secondary N) is 1. The summed E-state index contributed by atoms with van der Waals surface area (Å²) in [6, 6.07) is 11.4. The number of aryl methyl sites for hydroxylation is 2. The molecule has 0 spiro atoms. The van der Waals surface area contributed by atoms with Crippen molar-refractivity contribution >= 4 is 11.6 Å². The molecule has 0 saturated carbocycles. The van der Waals surface area contributed by atoms with E-state index in [4.69, 9.17) is 11.6 Å². The third-order valence-corrected chi connectivity index (χ3v) is 3.82. The minimum absolute atomic E-state index is 0.0204. The molecule has 0 aliphatic rings. The van der Waals surface area contributed by atoms with Gasteiger partial charge in [0.2, 0.25) is 0 Å². The van der Waals surface area contributed by atoms with Crippen LogP contribution in [0.3, 0.4) is 0 Å². The molecule has 0 amide bonds. The van der Waals surface area contributed by atoms with Crippen LogP contribution < -0.4 is 5.32 Å². The molecule has 2 rings (SSSR count). The number of benzene rings is 2. The van der Waals surface area contributed by atoms with Crippen LogP contribution in [-0.2, 0) is 0 Å². The van der Waals surface area contributed by atoms with Crippen molar-refractivity contribution in [3.8, 4) is 0 Å². The van der Waals surface area contributed by atoms with Crippen LogP contribution in [0, 0.1) is 19.7 Å². The summed E-state index contributed by atoms with van der Waals surface area (Å²) >= 11 is 6.25. The number of halogens is 2. The average Bonchev–Trinajstić information content (AvgIpc) is 2.42. The van der Waals surface area contributed by atoms with Gasteiger partial charge in [0.25, 0.3) is 0 Å². The van der Waals surface area contributed by atoms with Crippen molar-refractivity contribution in [2.24, 2.45) is 0 Å². The van der Waals surface area contributed by atoms with E-state index in [1.54, 1.807) is 6.92 Å². The molecule has 0 aromatic heterocycles. The predicted octanol–water partition coefficient (Wildman–Crippen LogP) is 4.79. The molecule has 0 heterocycles. The molecule has 0 radical (unpaired) electrons. The number of hydrogen-bond acceptors (Lipinski definition) is 1. The largest absolute Gasteiger partial charge is 0.306 e. The van der Waals surface area contributed by atoms with Crippen LogP contribution in [0.25, 0.3) is 0 Å². The number of hydrogen-bond donors (Lipinski definition) is 1. The van der Waals surface area contributed by atoms with Gasteiger partial charge in [-0.2, -0.15) is 0 Å².